The highest BCUT2D eigenvalue weighted by Gasteiger charge is 2.30. The fourth-order valence-corrected chi connectivity index (χ4v) is 1.85. The van der Waals surface area contributed by atoms with Crippen LogP contribution in [0.3, 0.4) is 0 Å². The molecule has 0 spiro atoms. The molecule has 0 fully saturated rings. The Kier molecular flexibility index (Phi) is 6.67. The summed E-state index contributed by atoms with van der Waals surface area (Å²) in [6.45, 7) is 9.53. The lowest BCUT2D eigenvalue weighted by Gasteiger charge is -2.29. The number of hydrogen-bond acceptors (Lipinski definition) is 6. The average Bonchev–Trinajstić information content (AvgIpc) is 2.36. The summed E-state index contributed by atoms with van der Waals surface area (Å²) in [6.07, 6.45) is 0.719. The van der Waals surface area contributed by atoms with Crippen LogP contribution in [0.15, 0.2) is 11.8 Å². The molecule has 1 aliphatic rings. The molecule has 7 heteroatoms. The quantitative estimate of drug-likeness (QED) is 0.782. The lowest BCUT2D eigenvalue weighted by atomic mass is 10.1. The Bertz CT molecular complexity index is 426. The largest absolute Gasteiger partial charge is 0.460 e. The van der Waals surface area contributed by atoms with Crippen molar-refractivity contribution in [1.82, 2.24) is 5.32 Å². The Labute approximate surface area is 130 Å². The van der Waals surface area contributed by atoms with Crippen LogP contribution in [-0.4, -0.2) is 43.2 Å². The molecule has 1 amide bonds. The Balaban J connectivity index is 2.75. The van der Waals surface area contributed by atoms with Crippen molar-refractivity contribution in [3.05, 3.63) is 11.8 Å². The van der Waals surface area contributed by atoms with E-state index in [0.29, 0.717) is 13.0 Å². The second-order valence-electron chi connectivity index (χ2n) is 5.74. The van der Waals surface area contributed by atoms with Crippen molar-refractivity contribution in [2.45, 2.75) is 59.0 Å². The standard InChI is InChI=1S/C15H25NO6/c1-6-19-12-9-10(16-14(18)22-15(3,4)5)8-11(21-12)13(17)20-7-2/h8,10,12H,6-7,9H2,1-5H3,(H,16,18)/t10-,12-/m1/s1. The SMILES string of the molecule is CCOC(=O)C1=C[C@@H](NC(=O)OC(C)(C)C)C[C@H](OCC)O1. The van der Waals surface area contributed by atoms with E-state index in [4.69, 9.17) is 18.9 Å². The Hall–Kier alpha value is -1.76. The first-order valence-corrected chi connectivity index (χ1v) is 7.41. The Morgan fingerprint density at radius 3 is 2.55 bits per heavy atom. The van der Waals surface area contributed by atoms with Gasteiger partial charge < -0.3 is 24.3 Å². The molecule has 0 aromatic carbocycles. The van der Waals surface area contributed by atoms with E-state index in [1.807, 2.05) is 6.92 Å². The first-order chi connectivity index (χ1) is 10.2. The van der Waals surface area contributed by atoms with Gasteiger partial charge in [-0.25, -0.2) is 9.59 Å². The zero-order chi connectivity index (χ0) is 16.8. The molecule has 0 aliphatic carbocycles. The number of amides is 1. The molecule has 1 rings (SSSR count). The lowest BCUT2D eigenvalue weighted by Crippen LogP contribution is -2.43. The monoisotopic (exact) mass is 315 g/mol. The summed E-state index contributed by atoms with van der Waals surface area (Å²) in [4.78, 5) is 23.6. The molecule has 126 valence electrons. The molecular weight excluding hydrogens is 290 g/mol. The van der Waals surface area contributed by atoms with Gasteiger partial charge in [0.15, 0.2) is 0 Å². The van der Waals surface area contributed by atoms with Gasteiger partial charge in [0.2, 0.25) is 12.0 Å². The van der Waals surface area contributed by atoms with E-state index in [0.717, 1.165) is 0 Å². The number of carbonyl (C=O) groups is 2. The van der Waals surface area contributed by atoms with Crippen molar-refractivity contribution in [3.63, 3.8) is 0 Å². The maximum atomic E-state index is 11.8. The van der Waals surface area contributed by atoms with Crippen LogP contribution in [0.1, 0.15) is 41.0 Å². The average molecular weight is 315 g/mol. The number of alkyl carbamates (subject to hydrolysis) is 1. The molecule has 0 aromatic heterocycles. The molecule has 7 nitrogen and oxygen atoms in total. The number of ether oxygens (including phenoxy) is 4. The lowest BCUT2D eigenvalue weighted by molar-refractivity contribution is -0.160. The van der Waals surface area contributed by atoms with E-state index in [-0.39, 0.29) is 12.4 Å². The fraction of sp³-hybridized carbons (Fsp3) is 0.733. The minimum atomic E-state index is -0.616. The first kappa shape index (κ1) is 18.3. The summed E-state index contributed by atoms with van der Waals surface area (Å²) in [6, 6.07) is -0.431. The number of hydrogen-bond donors (Lipinski definition) is 1. The Morgan fingerprint density at radius 1 is 1.32 bits per heavy atom. The van der Waals surface area contributed by atoms with Gasteiger partial charge >= 0.3 is 12.1 Å². The molecule has 0 aromatic rings. The van der Waals surface area contributed by atoms with Crippen molar-refractivity contribution in [2.24, 2.45) is 0 Å². The van der Waals surface area contributed by atoms with E-state index < -0.39 is 30.0 Å². The topological polar surface area (TPSA) is 83.1 Å². The first-order valence-electron chi connectivity index (χ1n) is 7.41. The van der Waals surface area contributed by atoms with Gasteiger partial charge in [0, 0.05) is 13.0 Å². The smallest absolute Gasteiger partial charge is 0.408 e. The molecular formula is C15H25NO6. The van der Waals surface area contributed by atoms with Crippen LogP contribution in [0.2, 0.25) is 0 Å². The van der Waals surface area contributed by atoms with Crippen LogP contribution in [0, 0.1) is 0 Å². The van der Waals surface area contributed by atoms with Crippen molar-refractivity contribution in [2.75, 3.05) is 13.2 Å². The molecule has 1 heterocycles. The zero-order valence-corrected chi connectivity index (χ0v) is 13.8. The summed E-state index contributed by atoms with van der Waals surface area (Å²) in [7, 11) is 0. The second kappa shape index (κ2) is 8.03. The van der Waals surface area contributed by atoms with Crippen LogP contribution in [0.4, 0.5) is 4.79 Å². The Morgan fingerprint density at radius 2 is 2.00 bits per heavy atom. The van der Waals surface area contributed by atoms with E-state index in [2.05, 4.69) is 5.32 Å². The van der Waals surface area contributed by atoms with Crippen LogP contribution in [-0.2, 0) is 23.7 Å². The minimum absolute atomic E-state index is 0.0348. The van der Waals surface area contributed by atoms with Crippen molar-refractivity contribution >= 4 is 12.1 Å². The summed E-state index contributed by atoms with van der Waals surface area (Å²) in [5, 5.41) is 2.69. The second-order valence-corrected chi connectivity index (χ2v) is 5.74. The van der Waals surface area contributed by atoms with Crippen molar-refractivity contribution < 1.29 is 28.5 Å². The summed E-state index contributed by atoms with van der Waals surface area (Å²) < 4.78 is 20.9. The van der Waals surface area contributed by atoms with Gasteiger partial charge in [-0.2, -0.15) is 0 Å². The maximum Gasteiger partial charge on any atom is 0.408 e. The van der Waals surface area contributed by atoms with E-state index in [9.17, 15) is 9.59 Å². The summed E-state index contributed by atoms with van der Waals surface area (Å²) in [5.41, 5.74) is -0.595. The van der Waals surface area contributed by atoms with Crippen molar-refractivity contribution in [3.8, 4) is 0 Å². The number of rotatable bonds is 5. The van der Waals surface area contributed by atoms with E-state index in [1.165, 1.54) is 6.08 Å². The molecule has 0 saturated carbocycles. The zero-order valence-electron chi connectivity index (χ0n) is 13.8. The van der Waals surface area contributed by atoms with Gasteiger partial charge in [-0.3, -0.25) is 0 Å². The highest BCUT2D eigenvalue weighted by atomic mass is 16.7. The van der Waals surface area contributed by atoms with Crippen LogP contribution >= 0.6 is 0 Å². The molecule has 0 unspecified atom stereocenters. The number of esters is 1. The molecule has 0 saturated heterocycles. The van der Waals surface area contributed by atoms with Gasteiger partial charge in [0.25, 0.3) is 0 Å². The third kappa shape index (κ3) is 6.34. The molecule has 2 atom stereocenters. The molecule has 0 radical (unpaired) electrons. The molecule has 1 aliphatic heterocycles. The molecule has 22 heavy (non-hydrogen) atoms. The predicted octanol–water partition coefficient (Wildman–Crippen LogP) is 2.11. The molecule has 1 N–H and O–H groups in total. The van der Waals surface area contributed by atoms with Gasteiger partial charge in [-0.05, 0) is 40.7 Å². The van der Waals surface area contributed by atoms with Crippen LogP contribution < -0.4 is 5.32 Å². The maximum absolute atomic E-state index is 11.8. The van der Waals surface area contributed by atoms with E-state index in [1.54, 1.807) is 27.7 Å². The minimum Gasteiger partial charge on any atom is -0.460 e. The van der Waals surface area contributed by atoms with Gasteiger partial charge in [0.1, 0.15) is 5.60 Å². The third-order valence-corrected chi connectivity index (χ3v) is 2.59. The van der Waals surface area contributed by atoms with Crippen LogP contribution in [0.25, 0.3) is 0 Å². The van der Waals surface area contributed by atoms with Gasteiger partial charge in [0.05, 0.1) is 12.6 Å². The molecule has 0 bridgehead atoms. The van der Waals surface area contributed by atoms with Crippen LogP contribution in [0.5, 0.6) is 0 Å². The fourth-order valence-electron chi connectivity index (χ4n) is 1.85. The van der Waals surface area contributed by atoms with Gasteiger partial charge in [-0.15, -0.1) is 0 Å². The summed E-state index contributed by atoms with van der Waals surface area (Å²) >= 11 is 0. The number of nitrogens with one attached hydrogen (secondary N) is 1. The van der Waals surface area contributed by atoms with Crippen molar-refractivity contribution in [1.29, 1.82) is 0 Å². The highest BCUT2D eigenvalue weighted by molar-refractivity contribution is 5.86. The van der Waals surface area contributed by atoms with Gasteiger partial charge in [-0.1, -0.05) is 0 Å². The predicted molar refractivity (Wildman–Crippen MR) is 79.0 cm³/mol. The van der Waals surface area contributed by atoms with E-state index >= 15 is 0 Å². The third-order valence-electron chi connectivity index (χ3n) is 2.59. The highest BCUT2D eigenvalue weighted by Crippen LogP contribution is 2.20. The summed E-state index contributed by atoms with van der Waals surface area (Å²) in [5.74, 6) is -0.546. The number of carbonyl (C=O) groups excluding carboxylic acids is 2. The normalized spacial score (nSPS) is 21.4.